The first-order valence-corrected chi connectivity index (χ1v) is 16.2. The summed E-state index contributed by atoms with van der Waals surface area (Å²) in [4.78, 5) is 2.55. The zero-order valence-corrected chi connectivity index (χ0v) is 25.7. The molecule has 0 bridgehead atoms. The maximum Gasteiger partial charge on any atom is 0.406 e. The summed E-state index contributed by atoms with van der Waals surface area (Å²) in [5, 5.41) is 7.37. The molecule has 5 rings (SSSR count). The van der Waals surface area contributed by atoms with Gasteiger partial charge in [-0.15, -0.1) is 0 Å². The Morgan fingerprint density at radius 3 is 2.48 bits per heavy atom. The number of morpholine rings is 1. The Balaban J connectivity index is 1.32. The van der Waals surface area contributed by atoms with Crippen molar-refractivity contribution in [3.05, 3.63) is 48.2 Å². The Morgan fingerprint density at radius 1 is 1.05 bits per heavy atom. The molecule has 9 nitrogen and oxygen atoms in total. The highest BCUT2D eigenvalue weighted by atomic mass is 32.2. The molecule has 0 spiro atoms. The number of ether oxygens (including phenoxy) is 2. The summed E-state index contributed by atoms with van der Waals surface area (Å²) in [7, 11) is -0.920. The number of fused-ring (bicyclic) bond motifs is 1. The van der Waals surface area contributed by atoms with E-state index >= 15 is 0 Å². The van der Waals surface area contributed by atoms with Crippen molar-refractivity contribution < 1.29 is 31.1 Å². The van der Waals surface area contributed by atoms with Gasteiger partial charge in [0.15, 0.2) is 0 Å². The molecule has 13 heteroatoms. The van der Waals surface area contributed by atoms with Crippen LogP contribution in [0.1, 0.15) is 31.4 Å². The second-order valence-corrected chi connectivity index (χ2v) is 12.9. The van der Waals surface area contributed by atoms with Crippen LogP contribution in [-0.4, -0.2) is 83.2 Å². The van der Waals surface area contributed by atoms with Gasteiger partial charge in [0.1, 0.15) is 12.3 Å². The molecule has 1 aromatic heterocycles. The van der Waals surface area contributed by atoms with Crippen molar-refractivity contribution >= 4 is 32.3 Å². The number of sulfonamides is 1. The minimum atomic E-state index is -4.43. The van der Waals surface area contributed by atoms with Crippen LogP contribution in [-0.2, 0) is 21.3 Å². The number of alkyl halides is 3. The Labute approximate surface area is 256 Å². The molecule has 1 saturated carbocycles. The highest BCUT2D eigenvalue weighted by Gasteiger charge is 2.31. The molecule has 1 aliphatic heterocycles. The maximum absolute atomic E-state index is 13.7. The third-order valence-electron chi connectivity index (χ3n) is 8.24. The van der Waals surface area contributed by atoms with E-state index in [1.807, 2.05) is 6.07 Å². The number of hydrogen-bond acceptors (Lipinski definition) is 7. The lowest BCUT2D eigenvalue weighted by molar-refractivity contribution is -0.140. The van der Waals surface area contributed by atoms with Crippen molar-refractivity contribution in [1.82, 2.24) is 14.2 Å². The second-order valence-electron chi connectivity index (χ2n) is 11.0. The number of nitrogens with zero attached hydrogens (tertiary/aromatic N) is 2. The van der Waals surface area contributed by atoms with Gasteiger partial charge in [0.2, 0.25) is 10.0 Å². The van der Waals surface area contributed by atoms with Gasteiger partial charge in [-0.1, -0.05) is 12.0 Å². The van der Waals surface area contributed by atoms with E-state index in [0.717, 1.165) is 57.7 Å². The molecular formula is C31H38F3N5O4S. The molecule has 238 valence electrons. The monoisotopic (exact) mass is 633 g/mol. The highest BCUT2D eigenvalue weighted by molar-refractivity contribution is 7.89. The molecule has 2 fully saturated rings. The standard InChI is InChI=1S/C31H38F3N5O4S/c1-35-44(40,41)25-12-13-28(30(20-25)42-2)36-14-4-5-24-19-26-27(6-3-7-29(26)39(24)21-31(32,33)34)37-22-8-10-23(11-9-22)38-15-17-43-18-16-38/h3,6-7,12-13,19-20,22-23,35-37H,8-11,14-18,21H2,1-2H3/t22-,23-. The van der Waals surface area contributed by atoms with Crippen LogP contribution in [0.4, 0.5) is 24.5 Å². The Morgan fingerprint density at radius 2 is 1.80 bits per heavy atom. The summed E-state index contributed by atoms with van der Waals surface area (Å²) in [6.45, 7) is 2.43. The van der Waals surface area contributed by atoms with Crippen LogP contribution < -0.4 is 20.1 Å². The third kappa shape index (κ3) is 7.61. The van der Waals surface area contributed by atoms with Gasteiger partial charge in [-0.3, -0.25) is 4.90 Å². The molecule has 0 radical (unpaired) electrons. The quantitative estimate of drug-likeness (QED) is 0.296. The van der Waals surface area contributed by atoms with Crippen LogP contribution in [0.3, 0.4) is 0 Å². The van der Waals surface area contributed by atoms with E-state index in [1.165, 1.54) is 30.9 Å². The summed E-state index contributed by atoms with van der Waals surface area (Å²) in [5.74, 6) is 6.12. The van der Waals surface area contributed by atoms with Gasteiger partial charge in [-0.2, -0.15) is 13.2 Å². The molecule has 3 N–H and O–H groups in total. The zero-order chi connectivity index (χ0) is 31.3. The lowest BCUT2D eigenvalue weighted by atomic mass is 9.89. The van der Waals surface area contributed by atoms with E-state index < -0.39 is 22.7 Å². The summed E-state index contributed by atoms with van der Waals surface area (Å²) in [6.07, 6.45) is -0.294. The first kappa shape index (κ1) is 32.0. The van der Waals surface area contributed by atoms with E-state index in [9.17, 15) is 21.6 Å². The second kappa shape index (κ2) is 13.7. The van der Waals surface area contributed by atoms with Gasteiger partial charge < -0.3 is 24.7 Å². The van der Waals surface area contributed by atoms with Gasteiger partial charge in [0.05, 0.1) is 48.7 Å². The summed E-state index contributed by atoms with van der Waals surface area (Å²) >= 11 is 0. The van der Waals surface area contributed by atoms with Crippen molar-refractivity contribution in [2.24, 2.45) is 0 Å². The number of nitrogens with one attached hydrogen (secondary N) is 3. The lowest BCUT2D eigenvalue weighted by Gasteiger charge is -2.39. The smallest absolute Gasteiger partial charge is 0.406 e. The Kier molecular flexibility index (Phi) is 9.94. The molecule has 1 saturated heterocycles. The summed E-state index contributed by atoms with van der Waals surface area (Å²) < 4.78 is 79.5. The minimum absolute atomic E-state index is 0.0414. The topological polar surface area (TPSA) is 96.9 Å². The first-order valence-electron chi connectivity index (χ1n) is 14.7. The highest BCUT2D eigenvalue weighted by Crippen LogP contribution is 2.33. The van der Waals surface area contributed by atoms with Gasteiger partial charge in [-0.05, 0) is 69.0 Å². The fraction of sp³-hybridized carbons (Fsp3) is 0.484. The van der Waals surface area contributed by atoms with Crippen molar-refractivity contribution in [2.45, 2.75) is 55.4 Å². The summed E-state index contributed by atoms with van der Waals surface area (Å²) in [6, 6.07) is 12.3. The molecule has 2 aromatic carbocycles. The van der Waals surface area contributed by atoms with E-state index in [0.29, 0.717) is 28.4 Å². The first-order chi connectivity index (χ1) is 21.1. The SMILES string of the molecule is CNS(=O)(=O)c1ccc(NCC#Cc2cc3c(N[C@H]4CC[C@H](N5CCOCC5)CC4)cccc3n2CC(F)(F)F)c(OC)c1. The number of aromatic nitrogens is 1. The largest absolute Gasteiger partial charge is 0.495 e. The van der Waals surface area contributed by atoms with E-state index in [-0.39, 0.29) is 23.2 Å². The van der Waals surface area contributed by atoms with Crippen LogP contribution in [0.5, 0.6) is 5.75 Å². The van der Waals surface area contributed by atoms with Crippen LogP contribution in [0.2, 0.25) is 0 Å². The minimum Gasteiger partial charge on any atom is -0.495 e. The lowest BCUT2D eigenvalue weighted by Crippen LogP contribution is -2.46. The average Bonchev–Trinajstić information content (AvgIpc) is 3.36. The molecule has 2 aliphatic rings. The molecule has 0 amide bonds. The third-order valence-corrected chi connectivity index (χ3v) is 9.65. The molecule has 3 aromatic rings. The average molecular weight is 634 g/mol. The van der Waals surface area contributed by atoms with Gasteiger partial charge in [0, 0.05) is 42.3 Å². The molecule has 0 unspecified atom stereocenters. The van der Waals surface area contributed by atoms with E-state index in [2.05, 4.69) is 32.1 Å². The molecular weight excluding hydrogens is 595 g/mol. The van der Waals surface area contributed by atoms with Crippen molar-refractivity contribution in [3.8, 4) is 17.6 Å². The number of methoxy groups -OCH3 is 1. The molecule has 44 heavy (non-hydrogen) atoms. The van der Waals surface area contributed by atoms with Crippen LogP contribution in [0.15, 0.2) is 47.4 Å². The molecule has 0 atom stereocenters. The zero-order valence-electron chi connectivity index (χ0n) is 24.8. The fourth-order valence-corrected chi connectivity index (χ4v) is 6.73. The van der Waals surface area contributed by atoms with Crippen molar-refractivity contribution in [2.75, 3.05) is 57.6 Å². The molecule has 1 aliphatic carbocycles. The fourth-order valence-electron chi connectivity index (χ4n) is 5.99. The van der Waals surface area contributed by atoms with Crippen molar-refractivity contribution in [3.63, 3.8) is 0 Å². The predicted octanol–water partition coefficient (Wildman–Crippen LogP) is 4.64. The van der Waals surface area contributed by atoms with Crippen LogP contribution >= 0.6 is 0 Å². The van der Waals surface area contributed by atoms with E-state index in [4.69, 9.17) is 9.47 Å². The van der Waals surface area contributed by atoms with Crippen molar-refractivity contribution in [1.29, 1.82) is 0 Å². The van der Waals surface area contributed by atoms with Crippen LogP contribution in [0.25, 0.3) is 10.9 Å². The molecule has 2 heterocycles. The summed E-state index contributed by atoms with van der Waals surface area (Å²) in [5.41, 5.74) is 2.03. The Hall–Kier alpha value is -3.44. The van der Waals surface area contributed by atoms with Gasteiger partial charge in [-0.25, -0.2) is 13.1 Å². The van der Waals surface area contributed by atoms with E-state index in [1.54, 1.807) is 24.3 Å². The number of rotatable bonds is 9. The Bertz CT molecular complexity index is 1620. The predicted molar refractivity (Wildman–Crippen MR) is 165 cm³/mol. The normalized spacial score (nSPS) is 19.8. The number of halogens is 3. The van der Waals surface area contributed by atoms with Crippen LogP contribution in [0, 0.1) is 11.8 Å². The van der Waals surface area contributed by atoms with Gasteiger partial charge in [0.25, 0.3) is 0 Å². The maximum atomic E-state index is 13.7. The van der Waals surface area contributed by atoms with Gasteiger partial charge >= 0.3 is 6.18 Å². The number of benzene rings is 2. The number of anilines is 2. The number of hydrogen-bond donors (Lipinski definition) is 3.